The summed E-state index contributed by atoms with van der Waals surface area (Å²) in [5.74, 6) is -0.474. The number of rotatable bonds is 11. The van der Waals surface area contributed by atoms with Gasteiger partial charge in [-0.2, -0.15) is 0 Å². The van der Waals surface area contributed by atoms with Gasteiger partial charge in [0.15, 0.2) is 11.3 Å². The fourth-order valence-electron chi connectivity index (χ4n) is 6.22. The molecule has 1 N–H and O–H groups in total. The van der Waals surface area contributed by atoms with E-state index in [4.69, 9.17) is 9.84 Å². The van der Waals surface area contributed by atoms with Gasteiger partial charge in [-0.15, -0.1) is 16.9 Å². The number of carbonyl (C=O) groups excluding carboxylic acids is 2. The van der Waals surface area contributed by atoms with Gasteiger partial charge in [0.05, 0.1) is 31.0 Å². The van der Waals surface area contributed by atoms with Gasteiger partial charge < -0.3 is 15.0 Å². The molecule has 0 spiro atoms. The first kappa shape index (κ1) is 31.9. The van der Waals surface area contributed by atoms with Crippen molar-refractivity contribution in [1.29, 1.82) is 0 Å². The molecular weight excluding hydrogens is 610 g/mol. The highest BCUT2D eigenvalue weighted by Gasteiger charge is 2.35. The van der Waals surface area contributed by atoms with Gasteiger partial charge in [-0.1, -0.05) is 25.5 Å². The number of benzene rings is 2. The Morgan fingerprint density at radius 2 is 2.00 bits per heavy atom. The average Bonchev–Trinajstić information content (AvgIpc) is 3.79. The molecule has 0 aliphatic carbocycles. The largest absolute Gasteiger partial charge is 0.462 e. The van der Waals surface area contributed by atoms with Gasteiger partial charge in [0, 0.05) is 37.0 Å². The van der Waals surface area contributed by atoms with Crippen LogP contribution in [0.5, 0.6) is 0 Å². The maximum Gasteiger partial charge on any atom is 0.338 e. The van der Waals surface area contributed by atoms with Crippen molar-refractivity contribution in [3.63, 3.8) is 0 Å². The van der Waals surface area contributed by atoms with Gasteiger partial charge in [0.25, 0.3) is 5.91 Å². The molecule has 0 saturated carbocycles. The van der Waals surface area contributed by atoms with Crippen molar-refractivity contribution >= 4 is 35.1 Å². The summed E-state index contributed by atoms with van der Waals surface area (Å²) in [6, 6.07) is 15.4. The molecule has 12 heteroatoms. The molecule has 2 aromatic heterocycles. The lowest BCUT2D eigenvalue weighted by Gasteiger charge is -2.26. The van der Waals surface area contributed by atoms with Crippen molar-refractivity contribution in [1.82, 2.24) is 24.8 Å². The van der Waals surface area contributed by atoms with Crippen molar-refractivity contribution < 1.29 is 23.1 Å². The van der Waals surface area contributed by atoms with E-state index in [1.165, 1.54) is 34.6 Å². The van der Waals surface area contributed by atoms with Crippen LogP contribution in [-0.4, -0.2) is 76.1 Å². The monoisotopic (exact) mass is 648 g/mol. The number of nitrogens with one attached hydrogen (secondary N) is 1. The molecule has 0 radical (unpaired) electrons. The van der Waals surface area contributed by atoms with Crippen molar-refractivity contribution in [3.05, 3.63) is 89.0 Å². The number of hydrogen-bond donors (Lipinski definition) is 1. The standard InChI is InChI=1S/C34H38F2N6O3S/c1-3-4-12-45-34(44)23-7-5-6-22(13-23)19-40-11-10-27(21-40)38-33(43)30-18-37-31-8-9-32(39-42(30)31)41-20-26(36)17-29(41)24-14-25(35)16-28(15-24)46-2/h5-9,13-16,18,26-27,29H,3-4,10-12,17,19-21H2,1-2H3,(H,38,43)/t26-,27-,29+/m0/s1. The summed E-state index contributed by atoms with van der Waals surface area (Å²) in [6.07, 6.45) is 5.08. The third kappa shape index (κ3) is 7.18. The molecule has 242 valence electrons. The Morgan fingerprint density at radius 1 is 1.13 bits per heavy atom. The second-order valence-electron chi connectivity index (χ2n) is 11.9. The minimum Gasteiger partial charge on any atom is -0.462 e. The Balaban J connectivity index is 1.12. The Bertz CT molecular complexity index is 1720. The normalized spacial score (nSPS) is 20.0. The maximum absolute atomic E-state index is 14.8. The highest BCUT2D eigenvalue weighted by Crippen LogP contribution is 2.38. The van der Waals surface area contributed by atoms with Gasteiger partial charge in [0.2, 0.25) is 0 Å². The molecule has 0 unspecified atom stereocenters. The SMILES string of the molecule is CCCCOC(=O)c1cccc(CN2CC[C@H](NC(=O)c3cnc4ccc(N5C[C@@H](F)C[C@@H]5c5cc(F)cc(SC)c5)nn34)C2)c1. The summed E-state index contributed by atoms with van der Waals surface area (Å²) in [5, 5.41) is 7.83. The van der Waals surface area contributed by atoms with Gasteiger partial charge in [0.1, 0.15) is 17.8 Å². The summed E-state index contributed by atoms with van der Waals surface area (Å²) in [6.45, 7) is 4.69. The van der Waals surface area contributed by atoms with Crippen LogP contribution >= 0.6 is 11.8 Å². The van der Waals surface area contributed by atoms with Crippen molar-refractivity contribution in [2.24, 2.45) is 0 Å². The third-order valence-electron chi connectivity index (χ3n) is 8.55. The zero-order valence-electron chi connectivity index (χ0n) is 26.0. The van der Waals surface area contributed by atoms with Gasteiger partial charge >= 0.3 is 5.97 Å². The third-order valence-corrected chi connectivity index (χ3v) is 9.25. The molecule has 4 aromatic rings. The number of halogens is 2. The van der Waals surface area contributed by atoms with Crippen LogP contribution in [0.25, 0.3) is 5.65 Å². The van der Waals surface area contributed by atoms with Gasteiger partial charge in [-0.05, 0) is 72.7 Å². The van der Waals surface area contributed by atoms with Crippen LogP contribution < -0.4 is 10.2 Å². The second-order valence-corrected chi connectivity index (χ2v) is 12.8. The number of imidazole rings is 1. The van der Waals surface area contributed by atoms with E-state index in [9.17, 15) is 18.4 Å². The topological polar surface area (TPSA) is 92.1 Å². The second kappa shape index (κ2) is 14.2. The number of ether oxygens (including phenoxy) is 1. The van der Waals surface area contributed by atoms with Crippen LogP contribution in [0, 0.1) is 5.82 Å². The minimum atomic E-state index is -1.10. The van der Waals surface area contributed by atoms with E-state index in [1.807, 2.05) is 35.4 Å². The van der Waals surface area contributed by atoms with E-state index in [1.54, 1.807) is 18.2 Å². The molecule has 9 nitrogen and oxygen atoms in total. The Kier molecular flexibility index (Phi) is 9.83. The number of unbranched alkanes of at least 4 members (excludes halogenated alkanes) is 1. The quantitative estimate of drug-likeness (QED) is 0.123. The number of thioether (sulfide) groups is 1. The van der Waals surface area contributed by atoms with E-state index in [0.717, 1.165) is 36.3 Å². The average molecular weight is 649 g/mol. The molecule has 1 amide bonds. The lowest BCUT2D eigenvalue weighted by atomic mass is 10.0. The zero-order valence-corrected chi connectivity index (χ0v) is 26.8. The van der Waals surface area contributed by atoms with Crippen LogP contribution in [-0.2, 0) is 11.3 Å². The fraction of sp³-hybridized carbons (Fsp3) is 0.412. The number of amides is 1. The summed E-state index contributed by atoms with van der Waals surface area (Å²) in [4.78, 5) is 35.1. The van der Waals surface area contributed by atoms with E-state index in [0.29, 0.717) is 42.3 Å². The molecular formula is C34H38F2N6O3S. The highest BCUT2D eigenvalue weighted by molar-refractivity contribution is 7.98. The summed E-state index contributed by atoms with van der Waals surface area (Å²) in [7, 11) is 0. The summed E-state index contributed by atoms with van der Waals surface area (Å²) >= 11 is 1.43. The molecule has 2 saturated heterocycles. The number of carbonyl (C=O) groups is 2. The predicted molar refractivity (Wildman–Crippen MR) is 174 cm³/mol. The molecule has 3 atom stereocenters. The van der Waals surface area contributed by atoms with Crippen LogP contribution in [0.15, 0.2) is 65.7 Å². The Labute approximate surface area is 271 Å². The van der Waals surface area contributed by atoms with E-state index < -0.39 is 6.17 Å². The van der Waals surface area contributed by atoms with Crippen molar-refractivity contribution in [2.45, 2.75) is 62.3 Å². The van der Waals surface area contributed by atoms with Gasteiger partial charge in [-0.3, -0.25) is 9.69 Å². The number of aromatic nitrogens is 3. The molecule has 0 bridgehead atoms. The molecule has 2 fully saturated rings. The first-order chi connectivity index (χ1) is 22.3. The molecule has 2 aliphatic heterocycles. The number of likely N-dealkylation sites (tertiary alicyclic amines) is 1. The maximum atomic E-state index is 14.8. The first-order valence-corrected chi connectivity index (χ1v) is 16.9. The van der Waals surface area contributed by atoms with Gasteiger partial charge in [-0.25, -0.2) is 23.1 Å². The van der Waals surface area contributed by atoms with E-state index in [-0.39, 0.29) is 48.4 Å². The van der Waals surface area contributed by atoms with Crippen LogP contribution in [0.1, 0.15) is 70.6 Å². The first-order valence-electron chi connectivity index (χ1n) is 15.7. The Morgan fingerprint density at radius 3 is 2.83 bits per heavy atom. The predicted octanol–water partition coefficient (Wildman–Crippen LogP) is 5.84. The van der Waals surface area contributed by atoms with Crippen molar-refractivity contribution in [3.8, 4) is 0 Å². The Hall–Kier alpha value is -4.03. The van der Waals surface area contributed by atoms with Crippen LogP contribution in [0.2, 0.25) is 0 Å². The van der Waals surface area contributed by atoms with E-state index in [2.05, 4.69) is 22.1 Å². The lowest BCUT2D eigenvalue weighted by molar-refractivity contribution is 0.0499. The highest BCUT2D eigenvalue weighted by atomic mass is 32.2. The zero-order chi connectivity index (χ0) is 32.2. The number of hydrogen-bond acceptors (Lipinski definition) is 8. The lowest BCUT2D eigenvalue weighted by Crippen LogP contribution is -2.37. The molecule has 2 aliphatic rings. The molecule has 2 aromatic carbocycles. The molecule has 46 heavy (non-hydrogen) atoms. The summed E-state index contributed by atoms with van der Waals surface area (Å²) < 4.78 is 36.0. The smallest absolute Gasteiger partial charge is 0.338 e. The summed E-state index contributed by atoms with van der Waals surface area (Å²) in [5.41, 5.74) is 3.03. The number of nitrogens with zero attached hydrogens (tertiary/aromatic N) is 5. The number of anilines is 1. The van der Waals surface area contributed by atoms with Crippen molar-refractivity contribution in [2.75, 3.05) is 37.4 Å². The van der Waals surface area contributed by atoms with E-state index >= 15 is 0 Å². The number of alkyl halides is 1. The fourth-order valence-corrected chi connectivity index (χ4v) is 6.71. The molecule has 6 rings (SSSR count). The number of fused-ring (bicyclic) bond motifs is 1. The molecule has 4 heterocycles. The van der Waals surface area contributed by atoms with Crippen LogP contribution in [0.4, 0.5) is 14.6 Å². The minimum absolute atomic E-state index is 0.0720. The number of esters is 1. The van der Waals surface area contributed by atoms with Crippen LogP contribution in [0.3, 0.4) is 0 Å².